The van der Waals surface area contributed by atoms with Crippen molar-refractivity contribution in [2.45, 2.75) is 6.42 Å². The summed E-state index contributed by atoms with van der Waals surface area (Å²) in [7, 11) is 0. The number of nitrogens with zero attached hydrogens (tertiary/aromatic N) is 1. The van der Waals surface area contributed by atoms with Gasteiger partial charge in [0.25, 0.3) is 0 Å². The van der Waals surface area contributed by atoms with Crippen LogP contribution in [0.15, 0.2) is 24.4 Å². The summed E-state index contributed by atoms with van der Waals surface area (Å²) in [6, 6.07) is 5.66. The molecule has 1 aromatic rings. The van der Waals surface area contributed by atoms with Gasteiger partial charge < -0.3 is 5.73 Å². The highest BCUT2D eigenvalue weighted by Gasteiger charge is 1.81. The van der Waals surface area contributed by atoms with Gasteiger partial charge in [-0.2, -0.15) is 0 Å². The molecule has 1 aromatic heterocycles. The summed E-state index contributed by atoms with van der Waals surface area (Å²) in [6.07, 6.45) is 2.46. The molecule has 0 spiro atoms. The second kappa shape index (κ2) is 6.66. The van der Waals surface area contributed by atoms with Crippen molar-refractivity contribution in [1.29, 1.82) is 0 Å². The molecule has 0 fully saturated rings. The van der Waals surface area contributed by atoms with E-state index >= 15 is 0 Å². The van der Waals surface area contributed by atoms with E-state index in [1.54, 1.807) is 6.20 Å². The Hall–Kier alpha value is -1.04. The number of hydrogen-bond donors (Lipinski definition) is 1. The van der Waals surface area contributed by atoms with Gasteiger partial charge in [0.1, 0.15) is 5.69 Å². The van der Waals surface area contributed by atoms with Crippen molar-refractivity contribution < 1.29 is 0 Å². The molecule has 0 radical (unpaired) electrons. The molecule has 0 bridgehead atoms. The molecule has 0 aliphatic heterocycles. The van der Waals surface area contributed by atoms with Gasteiger partial charge in [0, 0.05) is 19.2 Å². The molecule has 1 heterocycles. The lowest BCUT2D eigenvalue weighted by Crippen LogP contribution is -1.95. The van der Waals surface area contributed by atoms with Crippen LogP contribution in [0.4, 0.5) is 0 Å². The Bertz CT molecular complexity index is 261. The van der Waals surface area contributed by atoms with Crippen LogP contribution in [0, 0.1) is 11.8 Å². The molecule has 0 aliphatic rings. The van der Waals surface area contributed by atoms with Crippen molar-refractivity contribution >= 4 is 12.4 Å². The van der Waals surface area contributed by atoms with Gasteiger partial charge >= 0.3 is 0 Å². The molecule has 0 amide bonds. The standard InChI is InChI=1S/C9H10N2.ClH/c10-7-3-1-5-9-6-2-4-8-11-9;/h2,4,6,8H,3,7,10H2;1H. The number of nitrogens with two attached hydrogens (primary N) is 1. The smallest absolute Gasteiger partial charge is 0.113 e. The molecule has 2 N–H and O–H groups in total. The van der Waals surface area contributed by atoms with E-state index in [-0.39, 0.29) is 12.4 Å². The van der Waals surface area contributed by atoms with Crippen LogP contribution in [0.25, 0.3) is 0 Å². The number of halogens is 1. The summed E-state index contributed by atoms with van der Waals surface area (Å²) in [5, 5.41) is 0. The molecule has 0 saturated heterocycles. The Morgan fingerprint density at radius 2 is 2.25 bits per heavy atom. The molecule has 0 aromatic carbocycles. The Morgan fingerprint density at radius 3 is 2.83 bits per heavy atom. The highest BCUT2D eigenvalue weighted by molar-refractivity contribution is 5.85. The van der Waals surface area contributed by atoms with Gasteiger partial charge in [-0.25, -0.2) is 4.98 Å². The summed E-state index contributed by atoms with van der Waals surface area (Å²) < 4.78 is 0. The first kappa shape index (κ1) is 11.0. The summed E-state index contributed by atoms with van der Waals surface area (Å²) in [5.74, 6) is 5.82. The number of aromatic nitrogens is 1. The van der Waals surface area contributed by atoms with E-state index in [4.69, 9.17) is 5.73 Å². The predicted molar refractivity (Wildman–Crippen MR) is 52.0 cm³/mol. The average Bonchev–Trinajstić information content (AvgIpc) is 2.07. The highest BCUT2D eigenvalue weighted by atomic mass is 35.5. The van der Waals surface area contributed by atoms with Crippen molar-refractivity contribution in [2.75, 3.05) is 6.54 Å². The van der Waals surface area contributed by atoms with E-state index < -0.39 is 0 Å². The predicted octanol–water partition coefficient (Wildman–Crippen LogP) is 1.20. The Balaban J connectivity index is 0.00000121. The second-order valence-electron chi connectivity index (χ2n) is 2.06. The average molecular weight is 183 g/mol. The topological polar surface area (TPSA) is 38.9 Å². The lowest BCUT2D eigenvalue weighted by atomic mass is 10.3. The van der Waals surface area contributed by atoms with Crippen molar-refractivity contribution in [2.24, 2.45) is 5.73 Å². The molecule has 3 heteroatoms. The first-order valence-corrected chi connectivity index (χ1v) is 3.53. The first-order valence-electron chi connectivity index (χ1n) is 3.53. The third-order valence-corrected chi connectivity index (χ3v) is 1.15. The number of pyridine rings is 1. The van der Waals surface area contributed by atoms with E-state index in [1.807, 2.05) is 18.2 Å². The summed E-state index contributed by atoms with van der Waals surface area (Å²) >= 11 is 0. The maximum Gasteiger partial charge on any atom is 0.113 e. The van der Waals surface area contributed by atoms with Gasteiger partial charge in [-0.05, 0) is 18.1 Å². The van der Waals surface area contributed by atoms with E-state index in [0.29, 0.717) is 6.54 Å². The molecular weight excluding hydrogens is 172 g/mol. The fourth-order valence-corrected chi connectivity index (χ4v) is 0.662. The molecule has 0 saturated carbocycles. The second-order valence-corrected chi connectivity index (χ2v) is 2.06. The van der Waals surface area contributed by atoms with Crippen LogP contribution in [0.3, 0.4) is 0 Å². The van der Waals surface area contributed by atoms with Crippen molar-refractivity contribution in [1.82, 2.24) is 4.98 Å². The minimum absolute atomic E-state index is 0. The summed E-state index contributed by atoms with van der Waals surface area (Å²) in [4.78, 5) is 4.04. The van der Waals surface area contributed by atoms with Crippen LogP contribution in [0.1, 0.15) is 12.1 Å². The van der Waals surface area contributed by atoms with E-state index in [1.165, 1.54) is 0 Å². The largest absolute Gasteiger partial charge is 0.330 e. The van der Waals surface area contributed by atoms with Crippen molar-refractivity contribution in [3.05, 3.63) is 30.1 Å². The zero-order valence-electron chi connectivity index (χ0n) is 6.66. The maximum atomic E-state index is 5.27. The minimum atomic E-state index is 0. The highest BCUT2D eigenvalue weighted by Crippen LogP contribution is 1.88. The Labute approximate surface area is 78.6 Å². The SMILES string of the molecule is Cl.NCCC#Cc1ccccn1. The van der Waals surface area contributed by atoms with Crippen LogP contribution in [-0.4, -0.2) is 11.5 Å². The van der Waals surface area contributed by atoms with E-state index in [0.717, 1.165) is 12.1 Å². The lowest BCUT2D eigenvalue weighted by Gasteiger charge is -1.84. The van der Waals surface area contributed by atoms with Gasteiger partial charge in [0.15, 0.2) is 0 Å². The van der Waals surface area contributed by atoms with Crippen LogP contribution < -0.4 is 5.73 Å². The molecule has 0 aliphatic carbocycles. The van der Waals surface area contributed by atoms with Crippen molar-refractivity contribution in [3.63, 3.8) is 0 Å². The van der Waals surface area contributed by atoms with Crippen molar-refractivity contribution in [3.8, 4) is 11.8 Å². The molecule has 0 atom stereocenters. The maximum absolute atomic E-state index is 5.27. The van der Waals surface area contributed by atoms with Gasteiger partial charge in [0.05, 0.1) is 0 Å². The zero-order valence-corrected chi connectivity index (χ0v) is 7.47. The number of rotatable bonds is 1. The molecule has 0 unspecified atom stereocenters. The van der Waals surface area contributed by atoms with Gasteiger partial charge in [0.2, 0.25) is 0 Å². The zero-order chi connectivity index (χ0) is 7.94. The molecule has 64 valence electrons. The molecule has 2 nitrogen and oxygen atoms in total. The van der Waals surface area contributed by atoms with Gasteiger partial charge in [-0.3, -0.25) is 0 Å². The third kappa shape index (κ3) is 3.97. The Morgan fingerprint density at radius 1 is 1.42 bits per heavy atom. The van der Waals surface area contributed by atoms with Crippen LogP contribution in [0.5, 0.6) is 0 Å². The Kier molecular flexibility index (Phi) is 6.08. The van der Waals surface area contributed by atoms with Gasteiger partial charge in [-0.15, -0.1) is 12.4 Å². The van der Waals surface area contributed by atoms with Crippen LogP contribution in [0.2, 0.25) is 0 Å². The van der Waals surface area contributed by atoms with Gasteiger partial charge in [-0.1, -0.05) is 12.0 Å². The molecule has 12 heavy (non-hydrogen) atoms. The molecular formula is C9H11ClN2. The van der Waals surface area contributed by atoms with E-state index in [9.17, 15) is 0 Å². The monoisotopic (exact) mass is 182 g/mol. The third-order valence-electron chi connectivity index (χ3n) is 1.15. The minimum Gasteiger partial charge on any atom is -0.330 e. The fraction of sp³-hybridized carbons (Fsp3) is 0.222. The molecule has 1 rings (SSSR count). The summed E-state index contributed by atoms with van der Waals surface area (Å²) in [5.41, 5.74) is 6.08. The quantitative estimate of drug-likeness (QED) is 0.663. The van der Waals surface area contributed by atoms with Crippen LogP contribution in [-0.2, 0) is 0 Å². The fourth-order valence-electron chi connectivity index (χ4n) is 0.662. The number of hydrogen-bond acceptors (Lipinski definition) is 2. The summed E-state index contributed by atoms with van der Waals surface area (Å²) in [6.45, 7) is 0.611. The normalized spacial score (nSPS) is 7.75. The lowest BCUT2D eigenvalue weighted by molar-refractivity contribution is 1.03. The van der Waals surface area contributed by atoms with Crippen LogP contribution >= 0.6 is 12.4 Å². The first-order chi connectivity index (χ1) is 5.43. The van der Waals surface area contributed by atoms with E-state index in [2.05, 4.69) is 16.8 Å².